The number of benzene rings is 1. The Kier molecular flexibility index (Phi) is 7.96. The summed E-state index contributed by atoms with van der Waals surface area (Å²) in [5.74, 6) is -0.439. The molecule has 35 heavy (non-hydrogen) atoms. The number of carbonyl (C=O) groups excluding carboxylic acids is 2. The Balaban J connectivity index is 1.51. The molecule has 0 radical (unpaired) electrons. The highest BCUT2D eigenvalue weighted by molar-refractivity contribution is 7.10. The van der Waals surface area contributed by atoms with E-state index in [2.05, 4.69) is 5.32 Å². The van der Waals surface area contributed by atoms with Crippen molar-refractivity contribution in [3.8, 4) is 5.75 Å². The lowest BCUT2D eigenvalue weighted by atomic mass is 10.0. The van der Waals surface area contributed by atoms with Gasteiger partial charge >= 0.3 is 6.03 Å². The minimum absolute atomic E-state index is 0.0581. The van der Waals surface area contributed by atoms with Crippen LogP contribution in [0.4, 0.5) is 9.18 Å². The second kappa shape index (κ2) is 11.0. The van der Waals surface area contributed by atoms with Crippen LogP contribution in [0.3, 0.4) is 0 Å². The van der Waals surface area contributed by atoms with Crippen LogP contribution < -0.4 is 10.1 Å². The van der Waals surface area contributed by atoms with E-state index in [0.29, 0.717) is 19.7 Å². The van der Waals surface area contributed by atoms with Crippen LogP contribution in [0.25, 0.3) is 0 Å². The molecule has 2 aliphatic heterocycles. The molecule has 9 heteroatoms. The van der Waals surface area contributed by atoms with Crippen molar-refractivity contribution in [1.82, 2.24) is 15.1 Å². The van der Waals surface area contributed by atoms with E-state index in [1.54, 1.807) is 39.3 Å². The maximum absolute atomic E-state index is 14.2. The molecule has 2 aliphatic rings. The van der Waals surface area contributed by atoms with E-state index in [4.69, 9.17) is 9.47 Å². The molecule has 1 aromatic carbocycles. The zero-order chi connectivity index (χ0) is 25.0. The van der Waals surface area contributed by atoms with E-state index >= 15 is 0 Å². The van der Waals surface area contributed by atoms with Crippen LogP contribution in [0.5, 0.6) is 5.75 Å². The van der Waals surface area contributed by atoms with Crippen molar-refractivity contribution in [3.05, 3.63) is 52.0 Å². The van der Waals surface area contributed by atoms with Gasteiger partial charge in [0.2, 0.25) is 5.91 Å². The summed E-state index contributed by atoms with van der Waals surface area (Å²) in [7, 11) is 0. The number of nitrogens with zero attached hydrogens (tertiary/aromatic N) is 2. The van der Waals surface area contributed by atoms with Gasteiger partial charge in [-0.05, 0) is 69.2 Å². The average molecular weight is 504 g/mol. The van der Waals surface area contributed by atoms with Crippen molar-refractivity contribution in [2.24, 2.45) is 0 Å². The third kappa shape index (κ3) is 6.52. The van der Waals surface area contributed by atoms with Gasteiger partial charge in [-0.3, -0.25) is 4.79 Å². The highest BCUT2D eigenvalue weighted by Gasteiger charge is 2.35. The summed E-state index contributed by atoms with van der Waals surface area (Å²) in [5, 5.41) is 4.98. The summed E-state index contributed by atoms with van der Waals surface area (Å²) in [6.45, 7) is 7.37. The third-order valence-corrected chi connectivity index (χ3v) is 7.19. The molecule has 1 aromatic heterocycles. The van der Waals surface area contributed by atoms with Gasteiger partial charge in [-0.15, -0.1) is 11.3 Å². The van der Waals surface area contributed by atoms with Gasteiger partial charge in [0.1, 0.15) is 13.2 Å². The summed E-state index contributed by atoms with van der Waals surface area (Å²) in [5.41, 5.74) is 0.595. The number of thiophene rings is 1. The molecule has 190 valence electrons. The minimum atomic E-state index is -0.437. The molecule has 1 N–H and O–H groups in total. The van der Waals surface area contributed by atoms with Gasteiger partial charge in [0, 0.05) is 30.1 Å². The molecule has 0 saturated carbocycles. The van der Waals surface area contributed by atoms with Gasteiger partial charge in [0.25, 0.3) is 0 Å². The van der Waals surface area contributed by atoms with Gasteiger partial charge in [0.15, 0.2) is 11.6 Å². The molecular formula is C26H34FN3O4S. The third-order valence-electron chi connectivity index (χ3n) is 6.19. The molecule has 0 aliphatic carbocycles. The number of fused-ring (bicyclic) bond motifs is 1. The number of nitrogens with one attached hydrogen (secondary N) is 1. The molecule has 3 heterocycles. The van der Waals surface area contributed by atoms with Crippen LogP contribution in [0.15, 0.2) is 35.7 Å². The van der Waals surface area contributed by atoms with Gasteiger partial charge < -0.3 is 24.6 Å². The number of ether oxygens (including phenoxy) is 2. The first kappa shape index (κ1) is 25.4. The number of para-hydroxylation sites is 1. The van der Waals surface area contributed by atoms with Gasteiger partial charge in [0.05, 0.1) is 12.1 Å². The van der Waals surface area contributed by atoms with Crippen molar-refractivity contribution >= 4 is 23.3 Å². The highest BCUT2D eigenvalue weighted by atomic mass is 32.1. The number of carbonyl (C=O) groups is 2. The molecule has 2 atom stereocenters. The van der Waals surface area contributed by atoms with E-state index in [1.165, 1.54) is 10.9 Å². The monoisotopic (exact) mass is 503 g/mol. The van der Waals surface area contributed by atoms with Crippen LogP contribution >= 0.6 is 11.3 Å². The maximum Gasteiger partial charge on any atom is 0.318 e. The lowest BCUT2D eigenvalue weighted by Crippen LogP contribution is -2.54. The fraction of sp³-hybridized carbons (Fsp3) is 0.538. The first-order valence-corrected chi connectivity index (χ1v) is 13.0. The summed E-state index contributed by atoms with van der Waals surface area (Å²) in [4.78, 5) is 31.2. The zero-order valence-electron chi connectivity index (χ0n) is 20.6. The lowest BCUT2D eigenvalue weighted by molar-refractivity contribution is -0.135. The Morgan fingerprint density at radius 2 is 2.09 bits per heavy atom. The molecule has 0 bridgehead atoms. The minimum Gasteiger partial charge on any atom is -0.488 e. The highest BCUT2D eigenvalue weighted by Crippen LogP contribution is 2.34. The van der Waals surface area contributed by atoms with Crippen molar-refractivity contribution in [1.29, 1.82) is 0 Å². The Bertz CT molecular complexity index is 1030. The van der Waals surface area contributed by atoms with Gasteiger partial charge in [-0.1, -0.05) is 12.1 Å². The normalized spacial score (nSPS) is 19.8. The summed E-state index contributed by atoms with van der Waals surface area (Å²) in [6, 6.07) is 7.63. The Morgan fingerprint density at radius 3 is 2.80 bits per heavy atom. The van der Waals surface area contributed by atoms with E-state index < -0.39 is 11.4 Å². The first-order valence-electron chi connectivity index (χ1n) is 12.1. The molecule has 1 fully saturated rings. The second-order valence-electron chi connectivity index (χ2n) is 10.1. The van der Waals surface area contributed by atoms with Crippen molar-refractivity contribution in [2.45, 2.75) is 57.7 Å². The van der Waals surface area contributed by atoms with Crippen LogP contribution in [-0.4, -0.2) is 66.2 Å². The Labute approximate surface area is 210 Å². The average Bonchev–Trinajstić information content (AvgIpc) is 3.48. The largest absolute Gasteiger partial charge is 0.488 e. The van der Waals surface area contributed by atoms with E-state index in [0.717, 1.165) is 24.8 Å². The Hall–Kier alpha value is -2.65. The lowest BCUT2D eigenvalue weighted by Gasteiger charge is -2.37. The number of rotatable bonds is 7. The van der Waals surface area contributed by atoms with Gasteiger partial charge in [-0.2, -0.15) is 0 Å². The van der Waals surface area contributed by atoms with Crippen LogP contribution in [0, 0.1) is 5.82 Å². The molecule has 2 aromatic rings. The molecule has 1 saturated heterocycles. The number of urea groups is 1. The fourth-order valence-corrected chi connectivity index (χ4v) is 5.44. The van der Waals surface area contributed by atoms with Crippen molar-refractivity contribution in [3.63, 3.8) is 0 Å². The molecule has 0 spiro atoms. The van der Waals surface area contributed by atoms with Crippen LogP contribution in [-0.2, 0) is 16.0 Å². The predicted octanol–water partition coefficient (Wildman–Crippen LogP) is 4.38. The second-order valence-corrected chi connectivity index (χ2v) is 11.1. The maximum atomic E-state index is 14.2. The number of hydrogen-bond donors (Lipinski definition) is 1. The van der Waals surface area contributed by atoms with Crippen molar-refractivity contribution < 1.29 is 23.5 Å². The quantitative estimate of drug-likeness (QED) is 0.609. The molecule has 0 unspecified atom stereocenters. The topological polar surface area (TPSA) is 71.1 Å². The van der Waals surface area contributed by atoms with Crippen LogP contribution in [0.1, 0.15) is 50.1 Å². The molecular weight excluding hydrogens is 469 g/mol. The number of hydrogen-bond acceptors (Lipinski definition) is 5. The smallest absolute Gasteiger partial charge is 0.318 e. The molecule has 3 amide bonds. The van der Waals surface area contributed by atoms with E-state index in [9.17, 15) is 14.0 Å². The predicted molar refractivity (Wildman–Crippen MR) is 133 cm³/mol. The standard InChI is InChI=1S/C26H34FN3O4S/c1-26(2,3)28-25(32)29(15-18-7-6-13-33-18)16-24(31)30-12-10-23-19(11-14-35-23)21(30)17-34-22-9-5-4-8-20(22)27/h4-5,8-9,11,14,18,21H,6-7,10,12-13,15-17H2,1-3H3,(H,28,32)/t18-,21-/m0/s1. The molecule has 7 nitrogen and oxygen atoms in total. The number of halogens is 1. The van der Waals surface area contributed by atoms with Crippen molar-refractivity contribution in [2.75, 3.05) is 32.8 Å². The summed E-state index contributed by atoms with van der Waals surface area (Å²) >= 11 is 1.66. The van der Waals surface area contributed by atoms with Gasteiger partial charge in [-0.25, -0.2) is 9.18 Å². The summed E-state index contributed by atoms with van der Waals surface area (Å²) in [6.07, 6.45) is 2.50. The van der Waals surface area contributed by atoms with E-state index in [-0.39, 0.29) is 43.0 Å². The molecule has 4 rings (SSSR count). The zero-order valence-corrected chi connectivity index (χ0v) is 21.4. The van der Waals surface area contributed by atoms with Crippen LogP contribution in [0.2, 0.25) is 0 Å². The summed E-state index contributed by atoms with van der Waals surface area (Å²) < 4.78 is 25.7. The number of amides is 3. The SMILES string of the molecule is CC(C)(C)NC(=O)N(CC(=O)N1CCc2sccc2[C@@H]1COc1ccccc1F)C[C@@H]1CCCO1. The Morgan fingerprint density at radius 1 is 1.29 bits per heavy atom. The first-order chi connectivity index (χ1) is 16.7. The fourth-order valence-electron chi connectivity index (χ4n) is 4.51. The van der Waals surface area contributed by atoms with E-state index in [1.807, 2.05) is 32.2 Å².